The van der Waals surface area contributed by atoms with E-state index in [-0.39, 0.29) is 11.4 Å². The molecule has 2 saturated carbocycles. The summed E-state index contributed by atoms with van der Waals surface area (Å²) in [6, 6.07) is 8.24. The number of ether oxygens (including phenoxy) is 2. The van der Waals surface area contributed by atoms with E-state index >= 15 is 0 Å². The normalized spacial score (nSPS) is 19.0. The van der Waals surface area contributed by atoms with E-state index in [0.29, 0.717) is 13.2 Å². The maximum absolute atomic E-state index is 12.1. The van der Waals surface area contributed by atoms with Crippen LogP contribution in [0.2, 0.25) is 0 Å². The summed E-state index contributed by atoms with van der Waals surface area (Å²) < 4.78 is 11.0. The Morgan fingerprint density at radius 3 is 2.57 bits per heavy atom. The largest absolute Gasteiger partial charge is 0.493 e. The fraction of sp³-hybridized carbons (Fsp3) is 0.632. The van der Waals surface area contributed by atoms with Gasteiger partial charge in [0.2, 0.25) is 0 Å². The van der Waals surface area contributed by atoms with E-state index < -0.39 is 0 Å². The Morgan fingerprint density at radius 2 is 2.00 bits per heavy atom. The van der Waals surface area contributed by atoms with E-state index in [9.17, 15) is 4.79 Å². The van der Waals surface area contributed by atoms with E-state index in [1.807, 2.05) is 19.1 Å². The van der Waals surface area contributed by atoms with Crippen molar-refractivity contribution in [3.63, 3.8) is 0 Å². The first-order valence-electron chi connectivity index (χ1n) is 8.81. The third kappa shape index (κ3) is 4.25. The summed E-state index contributed by atoms with van der Waals surface area (Å²) in [6.45, 7) is 4.64. The molecule has 0 saturated heterocycles. The van der Waals surface area contributed by atoms with Gasteiger partial charge in [0.05, 0.1) is 18.6 Å². The van der Waals surface area contributed by atoms with Crippen molar-refractivity contribution in [1.29, 1.82) is 0 Å². The summed E-state index contributed by atoms with van der Waals surface area (Å²) in [5.74, 6) is 1.68. The van der Waals surface area contributed by atoms with Gasteiger partial charge >= 0.3 is 5.97 Å². The van der Waals surface area contributed by atoms with Crippen molar-refractivity contribution in [1.82, 2.24) is 5.32 Å². The summed E-state index contributed by atoms with van der Waals surface area (Å²) in [6.07, 6.45) is 5.61. The van der Waals surface area contributed by atoms with E-state index in [4.69, 9.17) is 9.47 Å². The van der Waals surface area contributed by atoms with E-state index in [1.165, 1.54) is 18.4 Å². The third-order valence-electron chi connectivity index (χ3n) is 4.92. The second-order valence-corrected chi connectivity index (χ2v) is 6.86. The Bertz CT molecular complexity index is 518. The molecule has 0 aromatic heterocycles. The minimum Gasteiger partial charge on any atom is -0.493 e. The van der Waals surface area contributed by atoms with Crippen LogP contribution in [0.4, 0.5) is 0 Å². The lowest BCUT2D eigenvalue weighted by molar-refractivity contribution is -0.160. The molecule has 4 heteroatoms. The molecule has 0 spiro atoms. The van der Waals surface area contributed by atoms with Gasteiger partial charge in [0, 0.05) is 13.1 Å². The molecule has 126 valence electrons. The zero-order valence-corrected chi connectivity index (χ0v) is 14.0. The highest BCUT2D eigenvalue weighted by molar-refractivity contribution is 5.78. The SMILES string of the molecule is CCOC(=O)C1(CNCc2ccc(OCC3CC3)cc2)CCC1. The Balaban J connectivity index is 1.43. The van der Waals surface area contributed by atoms with Crippen molar-refractivity contribution in [3.8, 4) is 5.75 Å². The summed E-state index contributed by atoms with van der Waals surface area (Å²) in [4.78, 5) is 12.1. The van der Waals surface area contributed by atoms with Gasteiger partial charge in [-0.1, -0.05) is 18.6 Å². The molecule has 0 radical (unpaired) electrons. The minimum absolute atomic E-state index is 0.0393. The second-order valence-electron chi connectivity index (χ2n) is 6.86. The van der Waals surface area contributed by atoms with Gasteiger partial charge in [-0.15, -0.1) is 0 Å². The summed E-state index contributed by atoms with van der Waals surface area (Å²) in [5, 5.41) is 3.42. The van der Waals surface area contributed by atoms with Crippen molar-refractivity contribution in [3.05, 3.63) is 29.8 Å². The van der Waals surface area contributed by atoms with Crippen LogP contribution in [0.25, 0.3) is 0 Å². The monoisotopic (exact) mass is 317 g/mol. The number of rotatable bonds is 9. The fourth-order valence-electron chi connectivity index (χ4n) is 2.99. The first-order valence-corrected chi connectivity index (χ1v) is 8.81. The second kappa shape index (κ2) is 7.35. The molecule has 23 heavy (non-hydrogen) atoms. The average Bonchev–Trinajstić information content (AvgIpc) is 3.33. The van der Waals surface area contributed by atoms with Gasteiger partial charge in [0.25, 0.3) is 0 Å². The number of benzene rings is 1. The van der Waals surface area contributed by atoms with Crippen LogP contribution in [0.5, 0.6) is 5.75 Å². The average molecular weight is 317 g/mol. The number of hydrogen-bond donors (Lipinski definition) is 1. The molecule has 1 aromatic rings. The first-order chi connectivity index (χ1) is 11.2. The van der Waals surface area contributed by atoms with E-state index in [0.717, 1.165) is 44.1 Å². The molecule has 0 atom stereocenters. The van der Waals surface area contributed by atoms with Crippen molar-refractivity contribution < 1.29 is 14.3 Å². The van der Waals surface area contributed by atoms with E-state index in [2.05, 4.69) is 17.4 Å². The van der Waals surface area contributed by atoms with Crippen LogP contribution >= 0.6 is 0 Å². The smallest absolute Gasteiger partial charge is 0.313 e. The molecule has 0 amide bonds. The topological polar surface area (TPSA) is 47.6 Å². The molecule has 2 fully saturated rings. The predicted octanol–water partition coefficient (Wildman–Crippen LogP) is 3.30. The van der Waals surface area contributed by atoms with Gasteiger partial charge < -0.3 is 14.8 Å². The number of carbonyl (C=O) groups is 1. The molecule has 3 rings (SSSR count). The Labute approximate surface area is 138 Å². The molecular weight excluding hydrogens is 290 g/mol. The molecular formula is C19H27NO3. The van der Waals surface area contributed by atoms with Gasteiger partial charge in [-0.3, -0.25) is 4.79 Å². The summed E-state index contributed by atoms with van der Waals surface area (Å²) in [7, 11) is 0. The lowest BCUT2D eigenvalue weighted by Crippen LogP contribution is -2.47. The lowest BCUT2D eigenvalue weighted by atomic mass is 9.68. The molecule has 0 heterocycles. The fourth-order valence-corrected chi connectivity index (χ4v) is 2.99. The maximum Gasteiger partial charge on any atom is 0.313 e. The van der Waals surface area contributed by atoms with Crippen molar-refractivity contribution in [2.45, 2.75) is 45.6 Å². The van der Waals surface area contributed by atoms with Crippen LogP contribution in [-0.4, -0.2) is 25.7 Å². The van der Waals surface area contributed by atoms with Crippen molar-refractivity contribution in [2.75, 3.05) is 19.8 Å². The predicted molar refractivity (Wildman–Crippen MR) is 89.3 cm³/mol. The maximum atomic E-state index is 12.1. The molecule has 1 aromatic carbocycles. The van der Waals surface area contributed by atoms with Gasteiger partial charge in [0.15, 0.2) is 0 Å². The van der Waals surface area contributed by atoms with Gasteiger partial charge in [0.1, 0.15) is 5.75 Å². The lowest BCUT2D eigenvalue weighted by Gasteiger charge is -2.39. The van der Waals surface area contributed by atoms with Gasteiger partial charge in [-0.05, 0) is 56.2 Å². The highest BCUT2D eigenvalue weighted by atomic mass is 16.5. The van der Waals surface area contributed by atoms with Crippen LogP contribution in [0.1, 0.15) is 44.6 Å². The van der Waals surface area contributed by atoms with Crippen LogP contribution in [0.15, 0.2) is 24.3 Å². The number of carbonyl (C=O) groups excluding carboxylic acids is 1. The highest BCUT2D eigenvalue weighted by Gasteiger charge is 2.45. The van der Waals surface area contributed by atoms with Crippen molar-refractivity contribution in [2.24, 2.45) is 11.3 Å². The number of hydrogen-bond acceptors (Lipinski definition) is 4. The molecule has 2 aliphatic rings. The van der Waals surface area contributed by atoms with Crippen LogP contribution < -0.4 is 10.1 Å². The molecule has 0 aliphatic heterocycles. The first kappa shape index (κ1) is 16.3. The molecule has 2 aliphatic carbocycles. The molecule has 4 nitrogen and oxygen atoms in total. The number of nitrogens with one attached hydrogen (secondary N) is 1. The zero-order valence-electron chi connectivity index (χ0n) is 14.0. The van der Waals surface area contributed by atoms with E-state index in [1.54, 1.807) is 0 Å². The minimum atomic E-state index is -0.288. The van der Waals surface area contributed by atoms with Gasteiger partial charge in [-0.25, -0.2) is 0 Å². The quantitative estimate of drug-likeness (QED) is 0.710. The Morgan fingerprint density at radius 1 is 1.26 bits per heavy atom. The third-order valence-corrected chi connectivity index (χ3v) is 4.92. The summed E-state index contributed by atoms with van der Waals surface area (Å²) in [5.41, 5.74) is 0.922. The standard InChI is InChI=1S/C19H27NO3/c1-2-22-18(21)19(10-3-11-19)14-20-12-15-6-8-17(9-7-15)23-13-16-4-5-16/h6-9,16,20H,2-5,10-14H2,1H3. The number of esters is 1. The molecule has 1 N–H and O–H groups in total. The van der Waals surface area contributed by atoms with Crippen LogP contribution in [0.3, 0.4) is 0 Å². The molecule has 0 bridgehead atoms. The van der Waals surface area contributed by atoms with Crippen LogP contribution in [-0.2, 0) is 16.1 Å². The summed E-state index contributed by atoms with van der Waals surface area (Å²) >= 11 is 0. The zero-order chi connectivity index (χ0) is 16.1. The Kier molecular flexibility index (Phi) is 5.21. The van der Waals surface area contributed by atoms with Crippen molar-refractivity contribution >= 4 is 5.97 Å². The highest BCUT2D eigenvalue weighted by Crippen LogP contribution is 2.41. The Hall–Kier alpha value is -1.55. The molecule has 0 unspecified atom stereocenters. The van der Waals surface area contributed by atoms with Gasteiger partial charge in [-0.2, -0.15) is 0 Å². The van der Waals surface area contributed by atoms with Crippen LogP contribution in [0, 0.1) is 11.3 Å².